The van der Waals surface area contributed by atoms with Crippen LogP contribution in [0.1, 0.15) is 43.6 Å². The van der Waals surface area contributed by atoms with Gasteiger partial charge in [0.05, 0.1) is 6.42 Å². The molecule has 0 aromatic heterocycles. The molecule has 0 unspecified atom stereocenters. The van der Waals surface area contributed by atoms with Gasteiger partial charge in [0.25, 0.3) is 0 Å². The summed E-state index contributed by atoms with van der Waals surface area (Å²) in [4.78, 5) is 0. The molecule has 21 heavy (non-hydrogen) atoms. The molecular weight excluding hydrogens is 287 g/mol. The first kappa shape index (κ1) is 16.0. The van der Waals surface area contributed by atoms with Gasteiger partial charge in [-0.25, -0.2) is 8.78 Å². The molecule has 0 aliphatic heterocycles. The lowest BCUT2D eigenvalue weighted by Gasteiger charge is -2.27. The third-order valence-electron chi connectivity index (χ3n) is 3.94. The Morgan fingerprint density at radius 1 is 1.00 bits per heavy atom. The van der Waals surface area contributed by atoms with Crippen molar-refractivity contribution in [1.29, 1.82) is 0 Å². The molecule has 0 amide bonds. The Hall–Kier alpha value is -1.39. The number of alkyl halides is 3. The second-order valence-corrected chi connectivity index (χ2v) is 5.53. The van der Waals surface area contributed by atoms with Gasteiger partial charge in [0.1, 0.15) is 0 Å². The average Bonchev–Trinajstić information content (AvgIpc) is 2.41. The van der Waals surface area contributed by atoms with E-state index in [0.717, 1.165) is 37.3 Å². The Kier molecular flexibility index (Phi) is 5.01. The first-order valence-corrected chi connectivity index (χ1v) is 7.03. The van der Waals surface area contributed by atoms with Crippen LogP contribution in [0.3, 0.4) is 0 Å². The van der Waals surface area contributed by atoms with Gasteiger partial charge in [0, 0.05) is 0 Å². The number of halogens is 5. The van der Waals surface area contributed by atoms with Crippen molar-refractivity contribution in [3.05, 3.63) is 47.5 Å². The molecule has 0 radical (unpaired) electrons. The lowest BCUT2D eigenvalue weighted by molar-refractivity contribution is -0.125. The quantitative estimate of drug-likeness (QED) is 0.493. The first-order chi connectivity index (χ1) is 9.85. The average molecular weight is 304 g/mol. The summed E-state index contributed by atoms with van der Waals surface area (Å²) in [6.45, 7) is 0. The van der Waals surface area contributed by atoms with Crippen LogP contribution >= 0.6 is 0 Å². The van der Waals surface area contributed by atoms with Gasteiger partial charge in [-0.2, -0.15) is 13.2 Å². The molecule has 0 atom stereocenters. The van der Waals surface area contributed by atoms with Crippen LogP contribution in [0.4, 0.5) is 22.0 Å². The Morgan fingerprint density at radius 2 is 1.67 bits per heavy atom. The molecule has 0 bridgehead atoms. The second-order valence-electron chi connectivity index (χ2n) is 5.53. The highest BCUT2D eigenvalue weighted by molar-refractivity contribution is 5.22. The Bertz CT molecular complexity index is 496. The van der Waals surface area contributed by atoms with Crippen LogP contribution in [0.25, 0.3) is 0 Å². The van der Waals surface area contributed by atoms with Gasteiger partial charge >= 0.3 is 6.18 Å². The molecule has 0 N–H and O–H groups in total. The fourth-order valence-corrected chi connectivity index (χ4v) is 2.81. The fourth-order valence-electron chi connectivity index (χ4n) is 2.81. The standard InChI is InChI=1S/C16H17F5/c17-14-8-7-13(10-15(14)18)12-5-3-11(4-6-12)2-1-9-16(19,20)21/h1-2,7-8,10-12H,3-6,9H2/t11-,12-. The summed E-state index contributed by atoms with van der Waals surface area (Å²) in [5, 5.41) is 0. The zero-order valence-corrected chi connectivity index (χ0v) is 11.5. The van der Waals surface area contributed by atoms with Crippen molar-refractivity contribution in [3.8, 4) is 0 Å². The van der Waals surface area contributed by atoms with E-state index in [1.54, 1.807) is 12.1 Å². The van der Waals surface area contributed by atoms with Crippen LogP contribution in [-0.2, 0) is 0 Å². The zero-order chi connectivity index (χ0) is 15.5. The zero-order valence-electron chi connectivity index (χ0n) is 11.5. The highest BCUT2D eigenvalue weighted by Gasteiger charge is 2.25. The van der Waals surface area contributed by atoms with Crippen LogP contribution in [0.15, 0.2) is 30.4 Å². The van der Waals surface area contributed by atoms with Crippen molar-refractivity contribution >= 4 is 0 Å². The van der Waals surface area contributed by atoms with Crippen molar-refractivity contribution in [2.24, 2.45) is 5.92 Å². The highest BCUT2D eigenvalue weighted by Crippen LogP contribution is 2.37. The summed E-state index contributed by atoms with van der Waals surface area (Å²) in [5.41, 5.74) is 0.770. The molecule has 1 aliphatic rings. The number of rotatable bonds is 3. The summed E-state index contributed by atoms with van der Waals surface area (Å²) < 4.78 is 62.2. The first-order valence-electron chi connectivity index (χ1n) is 7.03. The molecule has 1 fully saturated rings. The lowest BCUT2D eigenvalue weighted by Crippen LogP contribution is -2.12. The molecule has 1 aromatic rings. The Balaban J connectivity index is 1.87. The van der Waals surface area contributed by atoms with Crippen LogP contribution in [-0.4, -0.2) is 6.18 Å². The number of benzene rings is 1. The predicted octanol–water partition coefficient (Wildman–Crippen LogP) is 5.75. The van der Waals surface area contributed by atoms with E-state index in [1.807, 2.05) is 0 Å². The minimum atomic E-state index is -4.15. The fraction of sp³-hybridized carbons (Fsp3) is 0.500. The molecule has 1 saturated carbocycles. The van der Waals surface area contributed by atoms with Crippen molar-refractivity contribution < 1.29 is 22.0 Å². The van der Waals surface area contributed by atoms with Crippen LogP contribution < -0.4 is 0 Å². The van der Waals surface area contributed by atoms with E-state index in [0.29, 0.717) is 0 Å². The topological polar surface area (TPSA) is 0 Å². The van der Waals surface area contributed by atoms with E-state index in [2.05, 4.69) is 0 Å². The lowest BCUT2D eigenvalue weighted by atomic mass is 9.78. The van der Waals surface area contributed by atoms with Crippen molar-refractivity contribution in [1.82, 2.24) is 0 Å². The van der Waals surface area contributed by atoms with Gasteiger partial charge in [-0.15, -0.1) is 0 Å². The smallest absolute Gasteiger partial charge is 0.204 e. The molecular formula is C16H17F5. The van der Waals surface area contributed by atoms with E-state index in [4.69, 9.17) is 0 Å². The van der Waals surface area contributed by atoms with Crippen LogP contribution in [0.2, 0.25) is 0 Å². The molecule has 116 valence electrons. The Morgan fingerprint density at radius 3 is 2.24 bits per heavy atom. The molecule has 0 saturated heterocycles. The number of hydrogen-bond donors (Lipinski definition) is 0. The van der Waals surface area contributed by atoms with Gasteiger partial charge in [-0.1, -0.05) is 18.2 Å². The predicted molar refractivity (Wildman–Crippen MR) is 70.9 cm³/mol. The van der Waals surface area contributed by atoms with Crippen LogP contribution in [0, 0.1) is 17.6 Å². The monoisotopic (exact) mass is 304 g/mol. The summed E-state index contributed by atoms with van der Waals surface area (Å²) >= 11 is 0. The summed E-state index contributed by atoms with van der Waals surface area (Å²) in [6, 6.07) is 3.93. The molecule has 2 rings (SSSR count). The van der Waals surface area contributed by atoms with E-state index in [1.165, 1.54) is 12.1 Å². The minimum absolute atomic E-state index is 0.147. The maximum atomic E-state index is 13.2. The SMILES string of the molecule is Fc1ccc([C@H]2CC[C@H](C=CCC(F)(F)F)CC2)cc1F. The summed E-state index contributed by atoms with van der Waals surface area (Å²) in [5.74, 6) is -1.40. The van der Waals surface area contributed by atoms with E-state index >= 15 is 0 Å². The Labute approximate surface area is 120 Å². The van der Waals surface area contributed by atoms with Gasteiger partial charge in [-0.05, 0) is 55.2 Å². The number of hydrogen-bond acceptors (Lipinski definition) is 0. The van der Waals surface area contributed by atoms with E-state index in [-0.39, 0.29) is 11.8 Å². The van der Waals surface area contributed by atoms with Crippen molar-refractivity contribution in [2.75, 3.05) is 0 Å². The molecule has 0 nitrogen and oxygen atoms in total. The molecule has 5 heteroatoms. The summed E-state index contributed by atoms with van der Waals surface area (Å²) in [6.07, 6.45) is 0.890. The number of allylic oxidation sites excluding steroid dienone is 2. The highest BCUT2D eigenvalue weighted by atomic mass is 19.4. The van der Waals surface area contributed by atoms with E-state index in [9.17, 15) is 22.0 Å². The summed E-state index contributed by atoms with van der Waals surface area (Å²) in [7, 11) is 0. The normalized spacial score (nSPS) is 23.7. The molecule has 1 aromatic carbocycles. The second kappa shape index (κ2) is 6.58. The molecule has 0 spiro atoms. The van der Waals surface area contributed by atoms with Crippen molar-refractivity contribution in [2.45, 2.75) is 44.2 Å². The minimum Gasteiger partial charge on any atom is -0.204 e. The third kappa shape index (κ3) is 4.83. The van der Waals surface area contributed by atoms with Crippen molar-refractivity contribution in [3.63, 3.8) is 0 Å². The molecule has 0 heterocycles. The van der Waals surface area contributed by atoms with Gasteiger partial charge < -0.3 is 0 Å². The van der Waals surface area contributed by atoms with Gasteiger partial charge in [-0.3, -0.25) is 0 Å². The van der Waals surface area contributed by atoms with E-state index < -0.39 is 24.2 Å². The third-order valence-corrected chi connectivity index (χ3v) is 3.94. The van der Waals surface area contributed by atoms with Gasteiger partial charge in [0.2, 0.25) is 0 Å². The maximum absolute atomic E-state index is 13.2. The maximum Gasteiger partial charge on any atom is 0.392 e. The van der Waals surface area contributed by atoms with Crippen LogP contribution in [0.5, 0.6) is 0 Å². The largest absolute Gasteiger partial charge is 0.392 e. The molecule has 1 aliphatic carbocycles. The van der Waals surface area contributed by atoms with Gasteiger partial charge in [0.15, 0.2) is 11.6 Å².